The van der Waals surface area contributed by atoms with Gasteiger partial charge in [0.25, 0.3) is 0 Å². The molecular weight excluding hydrogens is 315 g/mol. The Morgan fingerprint density at radius 1 is 1.21 bits per heavy atom. The van der Waals surface area contributed by atoms with Gasteiger partial charge in [-0.1, -0.05) is 55.7 Å². The second-order valence-corrected chi connectivity index (χ2v) is 6.33. The second kappa shape index (κ2) is 8.36. The number of alkyl halides is 3. The van der Waals surface area contributed by atoms with Crippen molar-refractivity contribution in [2.75, 3.05) is 0 Å². The lowest BCUT2D eigenvalue weighted by atomic mass is 9.92. The summed E-state index contributed by atoms with van der Waals surface area (Å²) >= 11 is 0. The van der Waals surface area contributed by atoms with Crippen molar-refractivity contribution in [2.24, 2.45) is 0 Å². The first-order valence-electron chi connectivity index (χ1n) is 8.49. The third-order valence-electron chi connectivity index (χ3n) is 4.65. The van der Waals surface area contributed by atoms with E-state index in [1.165, 1.54) is 6.08 Å². The molecule has 0 N–H and O–H groups in total. The zero-order valence-corrected chi connectivity index (χ0v) is 13.8. The van der Waals surface area contributed by atoms with Gasteiger partial charge in [0.1, 0.15) is 0 Å². The van der Waals surface area contributed by atoms with Crippen LogP contribution >= 0.6 is 0 Å². The van der Waals surface area contributed by atoms with Crippen LogP contribution in [0.3, 0.4) is 0 Å². The highest BCUT2D eigenvalue weighted by Crippen LogP contribution is 2.30. The molecule has 0 saturated heterocycles. The van der Waals surface area contributed by atoms with Gasteiger partial charge in [-0.3, -0.25) is 4.79 Å². The van der Waals surface area contributed by atoms with Gasteiger partial charge < -0.3 is 4.90 Å². The van der Waals surface area contributed by atoms with E-state index in [0.717, 1.165) is 29.7 Å². The zero-order valence-electron chi connectivity index (χ0n) is 13.8. The van der Waals surface area contributed by atoms with E-state index in [9.17, 15) is 18.0 Å². The van der Waals surface area contributed by atoms with Crippen molar-refractivity contribution in [1.82, 2.24) is 4.90 Å². The molecule has 1 amide bonds. The molecule has 0 radical (unpaired) electrons. The molecule has 0 bridgehead atoms. The molecule has 1 fully saturated rings. The molecule has 1 aliphatic carbocycles. The first kappa shape index (κ1) is 18.6. The van der Waals surface area contributed by atoms with E-state index in [-0.39, 0.29) is 6.04 Å². The maximum absolute atomic E-state index is 13.1. The Morgan fingerprint density at radius 3 is 2.38 bits per heavy atom. The number of halogens is 3. The average Bonchev–Trinajstić information content (AvgIpc) is 2.59. The van der Waals surface area contributed by atoms with Crippen LogP contribution in [-0.2, 0) is 11.2 Å². The van der Waals surface area contributed by atoms with Gasteiger partial charge in [0.2, 0.25) is 0 Å². The summed E-state index contributed by atoms with van der Waals surface area (Å²) in [6.45, 7) is 3.69. The number of carbonyl (C=O) groups excluding carboxylic acids is 1. The molecule has 24 heavy (non-hydrogen) atoms. The molecule has 5 heteroatoms. The molecule has 1 aromatic carbocycles. The Morgan fingerprint density at radius 2 is 1.83 bits per heavy atom. The minimum absolute atomic E-state index is 0.341. The van der Waals surface area contributed by atoms with E-state index in [4.69, 9.17) is 0 Å². The summed E-state index contributed by atoms with van der Waals surface area (Å²) in [6, 6.07) is 8.65. The number of benzene rings is 1. The van der Waals surface area contributed by atoms with Crippen LogP contribution in [0.2, 0.25) is 0 Å². The Balaban J connectivity index is 2.15. The normalized spacial score (nSPS) is 17.3. The number of amides is 1. The minimum Gasteiger partial charge on any atom is -0.325 e. The molecule has 0 aliphatic heterocycles. The monoisotopic (exact) mass is 339 g/mol. The highest BCUT2D eigenvalue weighted by molar-refractivity contribution is 5.82. The molecule has 1 aliphatic rings. The number of nitrogens with zero attached hydrogens (tertiary/aromatic N) is 1. The Kier molecular flexibility index (Phi) is 6.46. The smallest absolute Gasteiger partial charge is 0.325 e. The van der Waals surface area contributed by atoms with E-state index in [1.54, 1.807) is 0 Å². The molecule has 0 aromatic heterocycles. The first-order valence-corrected chi connectivity index (χ1v) is 8.49. The summed E-state index contributed by atoms with van der Waals surface area (Å²) in [5.41, 5.74) is 1.05. The maximum atomic E-state index is 13.1. The predicted molar refractivity (Wildman–Crippen MR) is 88.5 cm³/mol. The van der Waals surface area contributed by atoms with E-state index >= 15 is 0 Å². The fraction of sp³-hybridized carbons (Fsp3) is 0.526. The van der Waals surface area contributed by atoms with Gasteiger partial charge in [0.15, 0.2) is 0 Å². The van der Waals surface area contributed by atoms with Gasteiger partial charge in [-0.05, 0) is 31.2 Å². The van der Waals surface area contributed by atoms with Crippen molar-refractivity contribution < 1.29 is 18.0 Å². The number of aryl methyl sites for hydroxylation is 1. The fourth-order valence-electron chi connectivity index (χ4n) is 3.42. The third-order valence-corrected chi connectivity index (χ3v) is 4.65. The number of rotatable bonds is 6. The Bertz CT molecular complexity index is 535. The molecule has 132 valence electrons. The summed E-state index contributed by atoms with van der Waals surface area (Å²) in [5.74, 6) is -1.73. The maximum Gasteiger partial charge on any atom is 0.471 e. The fourth-order valence-corrected chi connectivity index (χ4v) is 3.42. The Labute approximate surface area is 141 Å². The molecule has 0 unspecified atom stereocenters. The van der Waals surface area contributed by atoms with Crippen molar-refractivity contribution in [1.29, 1.82) is 0 Å². The van der Waals surface area contributed by atoms with Gasteiger partial charge in [0.05, 0.1) is 6.04 Å². The third kappa shape index (κ3) is 4.86. The highest BCUT2D eigenvalue weighted by Gasteiger charge is 2.46. The average molecular weight is 339 g/mol. The lowest BCUT2D eigenvalue weighted by Gasteiger charge is -2.39. The summed E-state index contributed by atoms with van der Waals surface area (Å²) in [6.07, 6.45) is 1.75. The van der Waals surface area contributed by atoms with E-state index in [0.29, 0.717) is 25.7 Å². The molecule has 0 spiro atoms. The molecule has 1 atom stereocenters. The van der Waals surface area contributed by atoms with Gasteiger partial charge in [0, 0.05) is 6.04 Å². The molecular formula is C19H24F3NO. The lowest BCUT2D eigenvalue weighted by Crippen LogP contribution is -2.52. The van der Waals surface area contributed by atoms with Crippen molar-refractivity contribution in [3.63, 3.8) is 0 Å². The van der Waals surface area contributed by atoms with Crippen LogP contribution in [0.5, 0.6) is 0 Å². The van der Waals surface area contributed by atoms with Gasteiger partial charge in [-0.15, -0.1) is 6.58 Å². The van der Waals surface area contributed by atoms with Crippen LogP contribution in [0.25, 0.3) is 0 Å². The van der Waals surface area contributed by atoms with Crippen LogP contribution in [-0.4, -0.2) is 29.1 Å². The van der Waals surface area contributed by atoms with Gasteiger partial charge in [-0.2, -0.15) is 13.2 Å². The predicted octanol–water partition coefficient (Wildman–Crippen LogP) is 4.90. The van der Waals surface area contributed by atoms with Crippen molar-refractivity contribution in [3.05, 3.63) is 48.6 Å². The van der Waals surface area contributed by atoms with Crippen LogP contribution in [0.15, 0.2) is 43.0 Å². The van der Waals surface area contributed by atoms with E-state index in [2.05, 4.69) is 6.58 Å². The molecule has 2 rings (SSSR count). The van der Waals surface area contributed by atoms with Crippen LogP contribution in [0.4, 0.5) is 13.2 Å². The SMILES string of the molecule is C=C[C@@H](CCc1ccccc1)N(C(=O)C(F)(F)F)C1CCCCC1. The zero-order chi connectivity index (χ0) is 17.6. The van der Waals surface area contributed by atoms with E-state index in [1.807, 2.05) is 30.3 Å². The van der Waals surface area contributed by atoms with E-state index < -0.39 is 18.1 Å². The minimum atomic E-state index is -4.84. The Hall–Kier alpha value is -1.78. The second-order valence-electron chi connectivity index (χ2n) is 6.33. The topological polar surface area (TPSA) is 20.3 Å². The highest BCUT2D eigenvalue weighted by atomic mass is 19.4. The lowest BCUT2D eigenvalue weighted by molar-refractivity contribution is -0.190. The van der Waals surface area contributed by atoms with Crippen molar-refractivity contribution in [3.8, 4) is 0 Å². The summed E-state index contributed by atoms with van der Waals surface area (Å²) in [4.78, 5) is 13.1. The van der Waals surface area contributed by atoms with Crippen molar-refractivity contribution >= 4 is 5.91 Å². The summed E-state index contributed by atoms with van der Waals surface area (Å²) in [5, 5.41) is 0. The van der Waals surface area contributed by atoms with Gasteiger partial charge >= 0.3 is 12.1 Å². The summed E-state index contributed by atoms with van der Waals surface area (Å²) in [7, 11) is 0. The molecule has 0 heterocycles. The standard InChI is InChI=1S/C19H24F3NO/c1-2-16(14-13-15-9-5-3-6-10-15)23(18(24)19(20,21)22)17-11-7-4-8-12-17/h2-3,5-6,9-10,16-17H,1,4,7-8,11-14H2/t16-/m0/s1. The number of carbonyl (C=O) groups is 1. The largest absolute Gasteiger partial charge is 0.471 e. The molecule has 1 saturated carbocycles. The summed E-state index contributed by atoms with van der Waals surface area (Å²) < 4.78 is 39.3. The quantitative estimate of drug-likeness (QED) is 0.675. The van der Waals surface area contributed by atoms with Crippen molar-refractivity contribution in [2.45, 2.75) is 63.2 Å². The molecule has 1 aromatic rings. The number of hydrogen-bond donors (Lipinski definition) is 0. The van der Waals surface area contributed by atoms with Crippen LogP contribution < -0.4 is 0 Å². The van der Waals surface area contributed by atoms with Gasteiger partial charge in [-0.25, -0.2) is 0 Å². The van der Waals surface area contributed by atoms with Crippen LogP contribution in [0.1, 0.15) is 44.1 Å². The number of hydrogen-bond acceptors (Lipinski definition) is 1. The molecule has 2 nitrogen and oxygen atoms in total. The first-order chi connectivity index (χ1) is 11.4. The van der Waals surface area contributed by atoms with Crippen LogP contribution in [0, 0.1) is 0 Å².